The summed E-state index contributed by atoms with van der Waals surface area (Å²) in [6.07, 6.45) is 5.20. The summed E-state index contributed by atoms with van der Waals surface area (Å²) < 4.78 is 6.75. The third-order valence-corrected chi connectivity index (χ3v) is 11.4. The molecule has 0 amide bonds. The third-order valence-electron chi connectivity index (χ3n) is 5.33. The normalized spacial score (nSPS) is 22.7. The molecule has 126 valence electrons. The zero-order chi connectivity index (χ0) is 16.9. The molecule has 0 bridgehead atoms. The van der Waals surface area contributed by atoms with E-state index in [1.807, 2.05) is 0 Å². The molecule has 1 aliphatic rings. The molecule has 0 spiro atoms. The van der Waals surface area contributed by atoms with Crippen LogP contribution in [-0.2, 0) is 4.43 Å². The summed E-state index contributed by atoms with van der Waals surface area (Å²) >= 11 is 0. The van der Waals surface area contributed by atoms with Crippen LogP contribution in [0.15, 0.2) is 16.9 Å². The van der Waals surface area contributed by atoms with Crippen molar-refractivity contribution in [3.05, 3.63) is 22.3 Å². The van der Waals surface area contributed by atoms with Crippen LogP contribution in [0.5, 0.6) is 0 Å². The Bertz CT molecular complexity index is 417. The van der Waals surface area contributed by atoms with E-state index in [1.54, 1.807) is 0 Å². The number of nitrogens with zero attached hydrogens (tertiary/aromatic N) is 3. The molecule has 0 aromatic carbocycles. The van der Waals surface area contributed by atoms with Gasteiger partial charge in [0, 0.05) is 11.3 Å². The Kier molecular flexibility index (Phi) is 7.01. The molecule has 0 radical (unpaired) electrons. The molecule has 0 aliphatic heterocycles. The summed E-state index contributed by atoms with van der Waals surface area (Å²) in [5, 5.41) is 3.99. The highest BCUT2D eigenvalue weighted by Gasteiger charge is 2.47. The molecule has 0 N–H and O–H groups in total. The predicted molar refractivity (Wildman–Crippen MR) is 96.2 cm³/mol. The summed E-state index contributed by atoms with van der Waals surface area (Å²) in [4.78, 5) is 3.03. The second kappa shape index (κ2) is 8.07. The Morgan fingerprint density at radius 1 is 1.23 bits per heavy atom. The van der Waals surface area contributed by atoms with E-state index in [-0.39, 0.29) is 6.04 Å². The smallest absolute Gasteiger partial charge is 0.258 e. The van der Waals surface area contributed by atoms with Crippen LogP contribution < -0.4 is 0 Å². The molecule has 22 heavy (non-hydrogen) atoms. The average molecular weight is 324 g/mol. The van der Waals surface area contributed by atoms with E-state index >= 15 is 0 Å². The van der Waals surface area contributed by atoms with Gasteiger partial charge in [-0.05, 0) is 40.6 Å². The maximum atomic E-state index is 8.81. The van der Waals surface area contributed by atoms with E-state index in [0.717, 1.165) is 25.0 Å². The van der Waals surface area contributed by atoms with E-state index in [4.69, 9.17) is 9.96 Å². The second-order valence-electron chi connectivity index (χ2n) is 7.46. The Morgan fingerprint density at radius 2 is 1.77 bits per heavy atom. The van der Waals surface area contributed by atoms with Gasteiger partial charge in [0.2, 0.25) is 0 Å². The number of azide groups is 1. The van der Waals surface area contributed by atoms with Gasteiger partial charge in [0.25, 0.3) is 8.32 Å². The second-order valence-corrected chi connectivity index (χ2v) is 12.8. The maximum absolute atomic E-state index is 8.81. The first-order valence-corrected chi connectivity index (χ1v) is 10.9. The van der Waals surface area contributed by atoms with Crippen LogP contribution in [0, 0.1) is 5.92 Å². The number of rotatable bonds is 7. The fourth-order valence-corrected chi connectivity index (χ4v) is 9.54. The summed E-state index contributed by atoms with van der Waals surface area (Å²) in [6, 6.07) is -0.0445. The van der Waals surface area contributed by atoms with Crippen LogP contribution in [0.4, 0.5) is 0 Å². The van der Waals surface area contributed by atoms with Crippen molar-refractivity contribution in [2.75, 3.05) is 0 Å². The zero-order valence-corrected chi connectivity index (χ0v) is 16.3. The Hall–Kier alpha value is -0.933. The number of hydrogen-bond acceptors (Lipinski definition) is 2. The summed E-state index contributed by atoms with van der Waals surface area (Å²) in [6.45, 7) is 16.0. The zero-order valence-electron chi connectivity index (χ0n) is 15.3. The quantitative estimate of drug-likeness (QED) is 0.226. The van der Waals surface area contributed by atoms with Gasteiger partial charge in [0.05, 0.1) is 11.8 Å². The summed E-state index contributed by atoms with van der Waals surface area (Å²) in [7, 11) is -1.90. The van der Waals surface area contributed by atoms with Gasteiger partial charge >= 0.3 is 0 Å². The molecular weight excluding hydrogens is 290 g/mol. The predicted octanol–water partition coefficient (Wildman–Crippen LogP) is 6.56. The standard InChI is InChI=1S/C17H33N3OSi/c1-8-15-9-10-16(11-17(15)19-20-18)21-22(12(2)3,13(4)5)14(6)7/h11-15,17H,8-10H2,1-7H3/t15-,17+/m1/s1. The van der Waals surface area contributed by atoms with E-state index < -0.39 is 8.32 Å². The molecule has 0 aromatic heterocycles. The van der Waals surface area contributed by atoms with Crippen molar-refractivity contribution in [1.82, 2.24) is 0 Å². The Labute approximate surface area is 137 Å². The molecule has 0 saturated heterocycles. The topological polar surface area (TPSA) is 58.0 Å². The minimum atomic E-state index is -1.90. The van der Waals surface area contributed by atoms with Crippen molar-refractivity contribution in [2.24, 2.45) is 11.0 Å². The van der Waals surface area contributed by atoms with Crippen LogP contribution in [0.2, 0.25) is 16.6 Å². The average Bonchev–Trinajstić information content (AvgIpc) is 2.44. The van der Waals surface area contributed by atoms with Crippen molar-refractivity contribution in [3.63, 3.8) is 0 Å². The monoisotopic (exact) mass is 323 g/mol. The van der Waals surface area contributed by atoms with Gasteiger partial charge in [-0.3, -0.25) is 0 Å². The molecule has 0 aromatic rings. The Balaban J connectivity index is 3.10. The van der Waals surface area contributed by atoms with Gasteiger partial charge < -0.3 is 4.43 Å². The SMILES string of the molecule is CC[C@@H]1CCC(O[Si](C(C)C)(C(C)C)C(C)C)=C[C@@H]1N=[N+]=[N-]. The highest BCUT2D eigenvalue weighted by molar-refractivity contribution is 6.77. The molecule has 0 heterocycles. The maximum Gasteiger partial charge on any atom is 0.258 e. The van der Waals surface area contributed by atoms with E-state index in [0.29, 0.717) is 22.5 Å². The first-order chi connectivity index (χ1) is 10.3. The highest BCUT2D eigenvalue weighted by atomic mass is 28.4. The molecule has 0 saturated carbocycles. The van der Waals surface area contributed by atoms with Crippen molar-refractivity contribution in [1.29, 1.82) is 0 Å². The molecule has 1 aliphatic carbocycles. The van der Waals surface area contributed by atoms with Crippen molar-refractivity contribution in [2.45, 2.75) is 90.4 Å². The van der Waals surface area contributed by atoms with Crippen molar-refractivity contribution >= 4 is 8.32 Å². The molecule has 0 unspecified atom stereocenters. The van der Waals surface area contributed by atoms with Gasteiger partial charge in [-0.2, -0.15) is 0 Å². The van der Waals surface area contributed by atoms with Crippen molar-refractivity contribution in [3.8, 4) is 0 Å². The minimum absolute atomic E-state index is 0.0445. The van der Waals surface area contributed by atoms with E-state index in [2.05, 4.69) is 64.6 Å². The van der Waals surface area contributed by atoms with Crippen LogP contribution in [0.1, 0.15) is 67.7 Å². The largest absolute Gasteiger partial charge is 0.546 e. The van der Waals surface area contributed by atoms with Crippen LogP contribution >= 0.6 is 0 Å². The lowest BCUT2D eigenvalue weighted by Crippen LogP contribution is -2.47. The van der Waals surface area contributed by atoms with Crippen LogP contribution in [0.25, 0.3) is 10.4 Å². The lowest BCUT2D eigenvalue weighted by molar-refractivity contribution is 0.301. The highest BCUT2D eigenvalue weighted by Crippen LogP contribution is 2.45. The molecule has 2 atom stereocenters. The fourth-order valence-electron chi connectivity index (χ4n) is 4.21. The van der Waals surface area contributed by atoms with E-state index in [9.17, 15) is 0 Å². The van der Waals surface area contributed by atoms with Crippen LogP contribution in [0.3, 0.4) is 0 Å². The number of allylic oxidation sites excluding steroid dienone is 1. The first kappa shape index (κ1) is 19.1. The van der Waals surface area contributed by atoms with Gasteiger partial charge in [-0.1, -0.05) is 60.0 Å². The third kappa shape index (κ3) is 3.88. The molecule has 4 nitrogen and oxygen atoms in total. The lowest BCUT2D eigenvalue weighted by Gasteiger charge is -2.44. The fraction of sp³-hybridized carbons (Fsp3) is 0.882. The van der Waals surface area contributed by atoms with Gasteiger partial charge in [0.15, 0.2) is 0 Å². The number of hydrogen-bond donors (Lipinski definition) is 0. The first-order valence-electron chi connectivity index (χ1n) is 8.73. The summed E-state index contributed by atoms with van der Waals surface area (Å²) in [5.74, 6) is 1.53. The van der Waals surface area contributed by atoms with Gasteiger partial charge in [-0.15, -0.1) is 0 Å². The molecule has 1 rings (SSSR count). The summed E-state index contributed by atoms with van der Waals surface area (Å²) in [5.41, 5.74) is 10.5. The molecular formula is C17H33N3OSi. The van der Waals surface area contributed by atoms with Gasteiger partial charge in [-0.25, -0.2) is 0 Å². The molecule has 0 fully saturated rings. The lowest BCUT2D eigenvalue weighted by atomic mass is 9.87. The minimum Gasteiger partial charge on any atom is -0.546 e. The van der Waals surface area contributed by atoms with Gasteiger partial charge in [0.1, 0.15) is 0 Å². The van der Waals surface area contributed by atoms with Crippen molar-refractivity contribution < 1.29 is 4.43 Å². The van der Waals surface area contributed by atoms with Crippen LogP contribution in [-0.4, -0.2) is 14.4 Å². The Morgan fingerprint density at radius 3 is 2.18 bits per heavy atom. The molecule has 5 heteroatoms. The van der Waals surface area contributed by atoms with E-state index in [1.165, 1.54) is 0 Å².